The Bertz CT molecular complexity index is 1050. The number of halogens is 1. The second-order valence-corrected chi connectivity index (χ2v) is 5.69. The largest absolute Gasteiger partial charge is 0.495 e. The average Bonchev–Trinajstić information content (AvgIpc) is 3.08. The first-order valence-electron chi connectivity index (χ1n) is 7.61. The number of methoxy groups -OCH3 is 1. The summed E-state index contributed by atoms with van der Waals surface area (Å²) < 4.78 is 7.27. The van der Waals surface area contributed by atoms with Crippen molar-refractivity contribution in [1.29, 1.82) is 0 Å². The summed E-state index contributed by atoms with van der Waals surface area (Å²) in [6.07, 6.45) is 5.24. The highest BCUT2D eigenvalue weighted by Gasteiger charge is 2.13. The Balaban J connectivity index is 1.77. The van der Waals surface area contributed by atoms with E-state index in [2.05, 4.69) is 20.3 Å². The lowest BCUT2D eigenvalue weighted by molar-refractivity contribution is 0.417. The molecule has 7 heteroatoms. The Morgan fingerprint density at radius 3 is 2.76 bits per heavy atom. The third-order valence-electron chi connectivity index (χ3n) is 3.76. The molecule has 0 unspecified atom stereocenters. The van der Waals surface area contributed by atoms with Gasteiger partial charge in [0, 0.05) is 6.20 Å². The summed E-state index contributed by atoms with van der Waals surface area (Å²) >= 11 is 6.33. The molecule has 0 atom stereocenters. The predicted octanol–water partition coefficient (Wildman–Crippen LogP) is 4.20. The van der Waals surface area contributed by atoms with Crippen LogP contribution in [0, 0.1) is 0 Å². The minimum Gasteiger partial charge on any atom is -0.495 e. The molecule has 0 aliphatic rings. The fraction of sp³-hybridized carbons (Fsp3) is 0.0556. The minimum atomic E-state index is 0.426. The van der Waals surface area contributed by atoms with Gasteiger partial charge in [-0.3, -0.25) is 4.40 Å². The number of para-hydroxylation sites is 2. The van der Waals surface area contributed by atoms with Crippen LogP contribution in [0.1, 0.15) is 0 Å². The summed E-state index contributed by atoms with van der Waals surface area (Å²) in [5.74, 6) is 1.13. The van der Waals surface area contributed by atoms with Crippen LogP contribution < -0.4 is 10.1 Å². The third kappa shape index (κ3) is 2.88. The smallest absolute Gasteiger partial charge is 0.227 e. The van der Waals surface area contributed by atoms with Crippen molar-refractivity contribution >= 4 is 28.9 Å². The number of hydrogen-bond donors (Lipinski definition) is 1. The van der Waals surface area contributed by atoms with E-state index in [1.165, 1.54) is 0 Å². The summed E-state index contributed by atoms with van der Waals surface area (Å²) in [4.78, 5) is 13.2. The van der Waals surface area contributed by atoms with Crippen LogP contribution in [0.5, 0.6) is 5.75 Å². The lowest BCUT2D eigenvalue weighted by atomic mass is 10.3. The molecule has 124 valence electrons. The standard InChI is InChI=1S/C18H14ClN5O/c1-25-15-7-3-2-6-13(15)22-18-21-10-12(19)17(23-18)14-11-20-16-8-4-5-9-24(14)16/h2-11H,1H3,(H,21,22,23). The number of hydrogen-bond acceptors (Lipinski definition) is 5. The molecule has 0 saturated heterocycles. The Morgan fingerprint density at radius 1 is 1.04 bits per heavy atom. The van der Waals surface area contributed by atoms with Crippen LogP contribution in [0.2, 0.25) is 5.02 Å². The minimum absolute atomic E-state index is 0.426. The fourth-order valence-corrected chi connectivity index (χ4v) is 2.77. The van der Waals surface area contributed by atoms with Gasteiger partial charge in [0.15, 0.2) is 0 Å². The van der Waals surface area contributed by atoms with E-state index in [0.717, 1.165) is 17.0 Å². The van der Waals surface area contributed by atoms with E-state index >= 15 is 0 Å². The van der Waals surface area contributed by atoms with Crippen LogP contribution in [0.15, 0.2) is 61.1 Å². The summed E-state index contributed by atoms with van der Waals surface area (Å²) in [5.41, 5.74) is 3.00. The summed E-state index contributed by atoms with van der Waals surface area (Å²) in [5, 5.41) is 3.62. The van der Waals surface area contributed by atoms with Gasteiger partial charge in [-0.05, 0) is 24.3 Å². The molecule has 3 aromatic heterocycles. The number of fused-ring (bicyclic) bond motifs is 1. The molecule has 0 radical (unpaired) electrons. The third-order valence-corrected chi connectivity index (χ3v) is 4.03. The SMILES string of the molecule is COc1ccccc1Nc1ncc(Cl)c(-c2cnc3ccccn23)n1. The molecule has 0 bridgehead atoms. The second-order valence-electron chi connectivity index (χ2n) is 5.29. The van der Waals surface area contributed by atoms with Gasteiger partial charge < -0.3 is 10.1 Å². The van der Waals surface area contributed by atoms with Gasteiger partial charge in [0.2, 0.25) is 5.95 Å². The van der Waals surface area contributed by atoms with Crippen molar-refractivity contribution in [3.05, 3.63) is 66.1 Å². The molecular formula is C18H14ClN5O. The van der Waals surface area contributed by atoms with E-state index in [0.29, 0.717) is 22.4 Å². The molecule has 25 heavy (non-hydrogen) atoms. The van der Waals surface area contributed by atoms with Crippen LogP contribution in [-0.2, 0) is 0 Å². The van der Waals surface area contributed by atoms with E-state index in [1.54, 1.807) is 19.5 Å². The highest BCUT2D eigenvalue weighted by Crippen LogP contribution is 2.29. The number of benzene rings is 1. The van der Waals surface area contributed by atoms with Crippen molar-refractivity contribution in [1.82, 2.24) is 19.4 Å². The maximum atomic E-state index is 6.33. The molecule has 0 aliphatic heterocycles. The zero-order valence-electron chi connectivity index (χ0n) is 13.3. The predicted molar refractivity (Wildman–Crippen MR) is 97.5 cm³/mol. The number of aromatic nitrogens is 4. The lowest BCUT2D eigenvalue weighted by Gasteiger charge is -2.11. The zero-order valence-corrected chi connectivity index (χ0v) is 14.1. The van der Waals surface area contributed by atoms with Crippen LogP contribution in [0.4, 0.5) is 11.6 Å². The number of ether oxygens (including phenoxy) is 1. The molecular weight excluding hydrogens is 338 g/mol. The molecule has 3 heterocycles. The molecule has 0 aliphatic carbocycles. The van der Waals surface area contributed by atoms with E-state index in [1.807, 2.05) is 53.1 Å². The number of anilines is 2. The first kappa shape index (κ1) is 15.4. The van der Waals surface area contributed by atoms with E-state index in [-0.39, 0.29) is 0 Å². The fourth-order valence-electron chi connectivity index (χ4n) is 2.58. The van der Waals surface area contributed by atoms with Gasteiger partial charge in [-0.15, -0.1) is 0 Å². The van der Waals surface area contributed by atoms with Crippen molar-refractivity contribution in [3.8, 4) is 17.1 Å². The van der Waals surface area contributed by atoms with Gasteiger partial charge in [-0.25, -0.2) is 15.0 Å². The van der Waals surface area contributed by atoms with Crippen molar-refractivity contribution in [3.63, 3.8) is 0 Å². The molecule has 4 aromatic rings. The number of rotatable bonds is 4. The first-order valence-corrected chi connectivity index (χ1v) is 7.99. The quantitative estimate of drug-likeness (QED) is 0.597. The van der Waals surface area contributed by atoms with E-state index in [4.69, 9.17) is 16.3 Å². The maximum absolute atomic E-state index is 6.33. The molecule has 4 rings (SSSR count). The molecule has 6 nitrogen and oxygen atoms in total. The summed E-state index contributed by atoms with van der Waals surface area (Å²) in [7, 11) is 1.62. The Kier molecular flexibility index (Phi) is 3.95. The van der Waals surface area contributed by atoms with Crippen molar-refractivity contribution in [2.45, 2.75) is 0 Å². The van der Waals surface area contributed by atoms with Gasteiger partial charge in [0.1, 0.15) is 17.1 Å². The molecule has 1 aromatic carbocycles. The monoisotopic (exact) mass is 351 g/mol. The number of pyridine rings is 1. The van der Waals surface area contributed by atoms with Crippen LogP contribution in [0.25, 0.3) is 17.0 Å². The van der Waals surface area contributed by atoms with Crippen LogP contribution >= 0.6 is 11.6 Å². The summed E-state index contributed by atoms with van der Waals surface area (Å²) in [6.45, 7) is 0. The first-order chi connectivity index (χ1) is 12.3. The van der Waals surface area contributed by atoms with Crippen LogP contribution in [-0.4, -0.2) is 26.5 Å². The van der Waals surface area contributed by atoms with Gasteiger partial charge >= 0.3 is 0 Å². The van der Waals surface area contributed by atoms with Crippen LogP contribution in [0.3, 0.4) is 0 Å². The second kappa shape index (κ2) is 6.41. The lowest BCUT2D eigenvalue weighted by Crippen LogP contribution is -2.01. The topological polar surface area (TPSA) is 64.3 Å². The van der Waals surface area contributed by atoms with Gasteiger partial charge in [-0.2, -0.15) is 0 Å². The highest BCUT2D eigenvalue weighted by molar-refractivity contribution is 6.32. The van der Waals surface area contributed by atoms with Gasteiger partial charge in [0.05, 0.1) is 35.9 Å². The number of nitrogens with one attached hydrogen (secondary N) is 1. The average molecular weight is 352 g/mol. The van der Waals surface area contributed by atoms with E-state index < -0.39 is 0 Å². The highest BCUT2D eigenvalue weighted by atomic mass is 35.5. The normalized spacial score (nSPS) is 10.8. The Morgan fingerprint density at radius 2 is 1.88 bits per heavy atom. The Hall–Kier alpha value is -3.12. The zero-order chi connectivity index (χ0) is 17.2. The molecule has 0 spiro atoms. The Labute approximate surface area is 149 Å². The maximum Gasteiger partial charge on any atom is 0.227 e. The van der Waals surface area contributed by atoms with Gasteiger partial charge in [0.25, 0.3) is 0 Å². The van der Waals surface area contributed by atoms with Gasteiger partial charge in [-0.1, -0.05) is 29.8 Å². The molecule has 0 fully saturated rings. The van der Waals surface area contributed by atoms with Crippen molar-refractivity contribution in [2.24, 2.45) is 0 Å². The number of nitrogens with zero attached hydrogens (tertiary/aromatic N) is 4. The van der Waals surface area contributed by atoms with Crippen molar-refractivity contribution < 1.29 is 4.74 Å². The van der Waals surface area contributed by atoms with Crippen molar-refractivity contribution in [2.75, 3.05) is 12.4 Å². The molecule has 1 N–H and O–H groups in total. The van der Waals surface area contributed by atoms with E-state index in [9.17, 15) is 0 Å². The number of imidazole rings is 1. The summed E-state index contributed by atoms with van der Waals surface area (Å²) in [6, 6.07) is 13.4. The molecule has 0 saturated carbocycles. The molecule has 0 amide bonds.